The van der Waals surface area contributed by atoms with E-state index < -0.39 is 0 Å². The molecule has 0 bridgehead atoms. The van der Waals surface area contributed by atoms with Crippen LogP contribution in [-0.2, 0) is 4.79 Å². The summed E-state index contributed by atoms with van der Waals surface area (Å²) in [5.41, 5.74) is 0.708. The maximum absolute atomic E-state index is 12.8. The Balaban J connectivity index is 1.80. The Kier molecular flexibility index (Phi) is 4.43. The third-order valence-corrected chi connectivity index (χ3v) is 5.19. The highest BCUT2D eigenvalue weighted by molar-refractivity contribution is 9.10. The van der Waals surface area contributed by atoms with Crippen molar-refractivity contribution in [3.05, 3.63) is 34.3 Å². The molecule has 1 aliphatic carbocycles. The van der Waals surface area contributed by atoms with E-state index in [-0.39, 0.29) is 17.9 Å². The van der Waals surface area contributed by atoms with Crippen LogP contribution in [0.15, 0.2) is 28.7 Å². The van der Waals surface area contributed by atoms with Gasteiger partial charge in [-0.1, -0.05) is 28.4 Å². The molecule has 4 heteroatoms. The fourth-order valence-electron chi connectivity index (χ4n) is 3.67. The van der Waals surface area contributed by atoms with Gasteiger partial charge in [-0.25, -0.2) is 0 Å². The second kappa shape index (κ2) is 6.30. The molecule has 112 valence electrons. The first-order valence-electron chi connectivity index (χ1n) is 7.76. The molecule has 1 aliphatic heterocycles. The molecule has 1 aromatic rings. The van der Waals surface area contributed by atoms with Gasteiger partial charge in [0.05, 0.1) is 0 Å². The lowest BCUT2D eigenvalue weighted by molar-refractivity contribution is -0.126. The summed E-state index contributed by atoms with van der Waals surface area (Å²) in [4.78, 5) is 26.9. The lowest BCUT2D eigenvalue weighted by atomic mass is 9.81. The van der Waals surface area contributed by atoms with Gasteiger partial charge in [-0.3, -0.25) is 9.59 Å². The number of Topliss-reactive ketones (excluding diaryl/α,β-unsaturated/α-hetero) is 1. The molecular weight excluding hydrogens is 330 g/mol. The number of carbonyl (C=O) groups is 2. The predicted molar refractivity (Wildman–Crippen MR) is 85.2 cm³/mol. The minimum absolute atomic E-state index is 0.0668. The number of ketones is 1. The van der Waals surface area contributed by atoms with Gasteiger partial charge in [-0.15, -0.1) is 0 Å². The largest absolute Gasteiger partial charge is 0.335 e. The minimum Gasteiger partial charge on any atom is -0.335 e. The number of rotatable bonds is 2. The summed E-state index contributed by atoms with van der Waals surface area (Å²) in [7, 11) is 0. The molecule has 1 saturated heterocycles. The van der Waals surface area contributed by atoms with E-state index in [2.05, 4.69) is 15.9 Å². The summed E-state index contributed by atoms with van der Waals surface area (Å²) in [5, 5.41) is 0. The van der Waals surface area contributed by atoms with Crippen molar-refractivity contribution in [1.29, 1.82) is 0 Å². The third kappa shape index (κ3) is 3.05. The van der Waals surface area contributed by atoms with Crippen molar-refractivity contribution in [2.75, 3.05) is 6.54 Å². The Hall–Kier alpha value is -1.16. The molecule has 21 heavy (non-hydrogen) atoms. The molecule has 0 spiro atoms. The highest BCUT2D eigenvalue weighted by Crippen LogP contribution is 2.33. The fourth-order valence-corrected chi connectivity index (χ4v) is 4.07. The number of nitrogens with zero attached hydrogens (tertiary/aromatic N) is 1. The van der Waals surface area contributed by atoms with E-state index in [1.807, 2.05) is 29.2 Å². The summed E-state index contributed by atoms with van der Waals surface area (Å²) in [6.45, 7) is 0.778. The highest BCUT2D eigenvalue weighted by Gasteiger charge is 2.39. The van der Waals surface area contributed by atoms with E-state index in [1.165, 1.54) is 0 Å². The van der Waals surface area contributed by atoms with Crippen LogP contribution < -0.4 is 0 Å². The highest BCUT2D eigenvalue weighted by atomic mass is 79.9. The Morgan fingerprint density at radius 3 is 2.81 bits per heavy atom. The molecule has 1 saturated carbocycles. The molecular formula is C17H20BrNO2. The van der Waals surface area contributed by atoms with Crippen LogP contribution in [0.25, 0.3) is 0 Å². The number of likely N-dealkylation sites (tertiary alicyclic amines) is 1. The third-order valence-electron chi connectivity index (χ3n) is 4.70. The number of carbonyl (C=O) groups excluding carboxylic acids is 2. The molecule has 1 heterocycles. The van der Waals surface area contributed by atoms with Gasteiger partial charge in [0, 0.05) is 35.0 Å². The molecule has 0 aromatic heterocycles. The SMILES string of the molecule is O=C1CCCC[C@H]1[C@@H]1CCCN1C(=O)c1cccc(Br)c1. The first-order valence-corrected chi connectivity index (χ1v) is 8.55. The van der Waals surface area contributed by atoms with E-state index in [0.717, 1.165) is 43.1 Å². The number of hydrogen-bond donors (Lipinski definition) is 0. The van der Waals surface area contributed by atoms with Gasteiger partial charge in [0.2, 0.25) is 0 Å². The monoisotopic (exact) mass is 349 g/mol. The minimum atomic E-state index is 0.0668. The van der Waals surface area contributed by atoms with Crippen LogP contribution >= 0.6 is 15.9 Å². The zero-order valence-electron chi connectivity index (χ0n) is 12.1. The zero-order chi connectivity index (χ0) is 14.8. The first kappa shape index (κ1) is 14.8. The van der Waals surface area contributed by atoms with Crippen molar-refractivity contribution in [2.24, 2.45) is 5.92 Å². The van der Waals surface area contributed by atoms with Crippen LogP contribution in [0.2, 0.25) is 0 Å². The molecule has 2 aliphatic rings. The normalized spacial score (nSPS) is 26.1. The predicted octanol–water partition coefficient (Wildman–Crippen LogP) is 3.81. The molecule has 1 aromatic carbocycles. The van der Waals surface area contributed by atoms with Gasteiger partial charge in [0.15, 0.2) is 0 Å². The lowest BCUT2D eigenvalue weighted by Crippen LogP contribution is -2.43. The summed E-state index contributed by atoms with van der Waals surface area (Å²) in [6, 6.07) is 7.63. The van der Waals surface area contributed by atoms with Gasteiger partial charge >= 0.3 is 0 Å². The number of hydrogen-bond acceptors (Lipinski definition) is 2. The van der Waals surface area contributed by atoms with Crippen molar-refractivity contribution in [1.82, 2.24) is 4.90 Å². The maximum atomic E-state index is 12.8. The lowest BCUT2D eigenvalue weighted by Gasteiger charge is -2.33. The Morgan fingerprint density at radius 2 is 2.05 bits per heavy atom. The van der Waals surface area contributed by atoms with E-state index in [9.17, 15) is 9.59 Å². The van der Waals surface area contributed by atoms with Crippen LogP contribution in [0, 0.1) is 5.92 Å². The Bertz CT molecular complexity index is 557. The fraction of sp³-hybridized carbons (Fsp3) is 0.529. The second-order valence-electron chi connectivity index (χ2n) is 6.04. The Morgan fingerprint density at radius 1 is 1.19 bits per heavy atom. The number of halogens is 1. The molecule has 3 rings (SSSR count). The second-order valence-corrected chi connectivity index (χ2v) is 6.95. The van der Waals surface area contributed by atoms with Crippen LogP contribution in [0.3, 0.4) is 0 Å². The topological polar surface area (TPSA) is 37.4 Å². The molecule has 0 N–H and O–H groups in total. The summed E-state index contributed by atoms with van der Waals surface area (Å²) >= 11 is 3.42. The summed E-state index contributed by atoms with van der Waals surface area (Å²) in [5.74, 6) is 0.495. The van der Waals surface area contributed by atoms with Gasteiger partial charge in [-0.05, 0) is 43.9 Å². The molecule has 1 amide bonds. The van der Waals surface area contributed by atoms with Crippen LogP contribution in [0.4, 0.5) is 0 Å². The van der Waals surface area contributed by atoms with Gasteiger partial charge in [-0.2, -0.15) is 0 Å². The van der Waals surface area contributed by atoms with E-state index >= 15 is 0 Å². The van der Waals surface area contributed by atoms with Gasteiger partial charge < -0.3 is 4.90 Å². The standard InChI is InChI=1S/C17H20BrNO2/c18-13-6-3-5-12(11-13)17(21)19-10-4-8-15(19)14-7-1-2-9-16(14)20/h3,5-6,11,14-15H,1-2,4,7-10H2/t14-,15-/m0/s1. The molecule has 2 fully saturated rings. The van der Waals surface area contributed by atoms with E-state index in [0.29, 0.717) is 17.8 Å². The average Bonchev–Trinajstić information content (AvgIpc) is 2.96. The number of benzene rings is 1. The van der Waals surface area contributed by atoms with Crippen molar-refractivity contribution in [3.8, 4) is 0 Å². The van der Waals surface area contributed by atoms with Gasteiger partial charge in [0.25, 0.3) is 5.91 Å². The van der Waals surface area contributed by atoms with Crippen molar-refractivity contribution >= 4 is 27.6 Å². The summed E-state index contributed by atoms with van der Waals surface area (Å²) in [6.07, 6.45) is 5.75. The number of amides is 1. The average molecular weight is 350 g/mol. The maximum Gasteiger partial charge on any atom is 0.254 e. The van der Waals surface area contributed by atoms with Gasteiger partial charge in [0.1, 0.15) is 5.78 Å². The van der Waals surface area contributed by atoms with Crippen molar-refractivity contribution in [3.63, 3.8) is 0 Å². The first-order chi connectivity index (χ1) is 10.2. The van der Waals surface area contributed by atoms with E-state index in [1.54, 1.807) is 0 Å². The quantitative estimate of drug-likeness (QED) is 0.813. The molecule has 0 radical (unpaired) electrons. The smallest absolute Gasteiger partial charge is 0.254 e. The molecule has 0 unspecified atom stereocenters. The van der Waals surface area contributed by atoms with Crippen molar-refractivity contribution < 1.29 is 9.59 Å². The van der Waals surface area contributed by atoms with Crippen LogP contribution in [-0.4, -0.2) is 29.2 Å². The molecule has 2 atom stereocenters. The summed E-state index contributed by atoms with van der Waals surface area (Å²) < 4.78 is 0.915. The van der Waals surface area contributed by atoms with Crippen LogP contribution in [0.5, 0.6) is 0 Å². The van der Waals surface area contributed by atoms with Crippen LogP contribution in [0.1, 0.15) is 48.9 Å². The zero-order valence-corrected chi connectivity index (χ0v) is 13.6. The Labute approximate surface area is 133 Å². The molecule has 3 nitrogen and oxygen atoms in total. The van der Waals surface area contributed by atoms with Crippen molar-refractivity contribution in [2.45, 2.75) is 44.6 Å². The van der Waals surface area contributed by atoms with E-state index in [4.69, 9.17) is 0 Å².